The van der Waals surface area contributed by atoms with E-state index < -0.39 is 29.5 Å². The number of amides is 1. The van der Waals surface area contributed by atoms with E-state index >= 15 is 4.39 Å². The Morgan fingerprint density at radius 1 is 1.05 bits per heavy atom. The standard InChI is InChI=1S/C30H32F2N2O3/c1-18(2)22-12-13-23(27(28(22)32)19-8-5-4-6-9-19)29(34-30(36)24-10-7-15-33-24)25(35)17-20-16-21(31)11-14-26(20)37-3/h4-6,8-9,11-14,16,18,24,29,33H,7,10,15,17H2,1-3H3,(H,34,36). The summed E-state index contributed by atoms with van der Waals surface area (Å²) in [5.41, 5.74) is 2.11. The molecular weight excluding hydrogens is 474 g/mol. The van der Waals surface area contributed by atoms with Crippen LogP contribution in [0.3, 0.4) is 0 Å². The topological polar surface area (TPSA) is 67.4 Å². The summed E-state index contributed by atoms with van der Waals surface area (Å²) in [4.78, 5) is 27.0. The number of ketones is 1. The first-order valence-corrected chi connectivity index (χ1v) is 12.6. The van der Waals surface area contributed by atoms with Gasteiger partial charge >= 0.3 is 0 Å². The quantitative estimate of drug-likeness (QED) is 0.403. The van der Waals surface area contributed by atoms with E-state index in [0.29, 0.717) is 41.0 Å². The average molecular weight is 507 g/mol. The molecule has 1 heterocycles. The van der Waals surface area contributed by atoms with Crippen LogP contribution in [0.4, 0.5) is 8.78 Å². The summed E-state index contributed by atoms with van der Waals surface area (Å²) in [6.07, 6.45) is 1.30. The Balaban J connectivity index is 1.82. The van der Waals surface area contributed by atoms with E-state index in [4.69, 9.17) is 4.74 Å². The van der Waals surface area contributed by atoms with Crippen molar-refractivity contribution in [3.05, 3.63) is 89.0 Å². The van der Waals surface area contributed by atoms with Crippen LogP contribution in [0.5, 0.6) is 5.75 Å². The third-order valence-corrected chi connectivity index (χ3v) is 6.79. The molecule has 1 saturated heterocycles. The molecule has 1 amide bonds. The summed E-state index contributed by atoms with van der Waals surface area (Å²) < 4.78 is 35.4. The molecule has 3 aromatic rings. The molecule has 1 aliphatic rings. The summed E-state index contributed by atoms with van der Waals surface area (Å²) in [6.45, 7) is 4.52. The van der Waals surface area contributed by atoms with Crippen LogP contribution in [0.2, 0.25) is 0 Å². The van der Waals surface area contributed by atoms with Crippen LogP contribution in [0, 0.1) is 11.6 Å². The Hall–Kier alpha value is -3.58. The van der Waals surface area contributed by atoms with Crippen molar-refractivity contribution in [3.63, 3.8) is 0 Å². The van der Waals surface area contributed by atoms with Crippen molar-refractivity contribution in [1.82, 2.24) is 10.6 Å². The highest BCUT2D eigenvalue weighted by atomic mass is 19.1. The highest BCUT2D eigenvalue weighted by Gasteiger charge is 2.32. The highest BCUT2D eigenvalue weighted by Crippen LogP contribution is 2.36. The van der Waals surface area contributed by atoms with Gasteiger partial charge in [-0.3, -0.25) is 9.59 Å². The molecule has 2 unspecified atom stereocenters. The van der Waals surface area contributed by atoms with Gasteiger partial charge < -0.3 is 15.4 Å². The zero-order chi connectivity index (χ0) is 26.5. The fraction of sp³-hybridized carbons (Fsp3) is 0.333. The van der Waals surface area contributed by atoms with Gasteiger partial charge in [-0.25, -0.2) is 8.78 Å². The number of nitrogens with one attached hydrogen (secondary N) is 2. The molecule has 194 valence electrons. The minimum atomic E-state index is -1.14. The van der Waals surface area contributed by atoms with Crippen molar-refractivity contribution in [1.29, 1.82) is 0 Å². The van der Waals surface area contributed by atoms with Gasteiger partial charge in [0.05, 0.1) is 13.2 Å². The van der Waals surface area contributed by atoms with Crippen LogP contribution >= 0.6 is 0 Å². The lowest BCUT2D eigenvalue weighted by Gasteiger charge is -2.25. The van der Waals surface area contributed by atoms with Gasteiger partial charge in [-0.05, 0) is 60.2 Å². The second kappa shape index (κ2) is 11.6. The molecule has 0 aromatic heterocycles. The molecule has 3 aromatic carbocycles. The molecule has 7 heteroatoms. The number of carbonyl (C=O) groups excluding carboxylic acids is 2. The fourth-order valence-electron chi connectivity index (χ4n) is 4.85. The van der Waals surface area contributed by atoms with E-state index in [-0.39, 0.29) is 23.8 Å². The third-order valence-electron chi connectivity index (χ3n) is 6.79. The van der Waals surface area contributed by atoms with Gasteiger partial charge in [0, 0.05) is 17.5 Å². The lowest BCUT2D eigenvalue weighted by atomic mass is 9.86. The molecular formula is C30H32F2N2O3. The Morgan fingerprint density at radius 2 is 1.78 bits per heavy atom. The minimum absolute atomic E-state index is 0.0838. The summed E-state index contributed by atoms with van der Waals surface area (Å²) in [5, 5.41) is 6.02. The van der Waals surface area contributed by atoms with E-state index in [2.05, 4.69) is 10.6 Å². The number of ether oxygens (including phenoxy) is 1. The molecule has 1 fully saturated rings. The lowest BCUT2D eigenvalue weighted by molar-refractivity contribution is -0.128. The molecule has 0 aliphatic carbocycles. The van der Waals surface area contributed by atoms with Crippen LogP contribution in [0.25, 0.3) is 11.1 Å². The van der Waals surface area contributed by atoms with E-state index in [0.717, 1.165) is 6.42 Å². The van der Waals surface area contributed by atoms with Gasteiger partial charge in [-0.1, -0.05) is 56.3 Å². The van der Waals surface area contributed by atoms with Gasteiger partial charge in [0.15, 0.2) is 5.78 Å². The largest absolute Gasteiger partial charge is 0.496 e. The number of halogens is 2. The first-order valence-electron chi connectivity index (χ1n) is 12.6. The van der Waals surface area contributed by atoms with Crippen molar-refractivity contribution >= 4 is 11.7 Å². The summed E-state index contributed by atoms with van der Waals surface area (Å²) in [7, 11) is 1.44. The highest BCUT2D eigenvalue weighted by molar-refractivity contribution is 5.95. The van der Waals surface area contributed by atoms with Gasteiger partial charge in [0.1, 0.15) is 23.4 Å². The second-order valence-corrected chi connectivity index (χ2v) is 9.64. The SMILES string of the molecule is COc1ccc(F)cc1CC(=O)C(NC(=O)C1CCCN1)c1ccc(C(C)C)c(F)c1-c1ccccc1. The van der Waals surface area contributed by atoms with Gasteiger partial charge in [-0.15, -0.1) is 0 Å². The number of benzene rings is 3. The summed E-state index contributed by atoms with van der Waals surface area (Å²) in [6, 6.07) is 14.8. The predicted molar refractivity (Wildman–Crippen MR) is 139 cm³/mol. The first-order chi connectivity index (χ1) is 17.8. The number of methoxy groups -OCH3 is 1. The molecule has 0 radical (unpaired) electrons. The maximum Gasteiger partial charge on any atom is 0.237 e. The van der Waals surface area contributed by atoms with Crippen molar-refractivity contribution < 1.29 is 23.1 Å². The summed E-state index contributed by atoms with van der Waals surface area (Å²) >= 11 is 0. The number of Topliss-reactive ketones (excluding diaryl/α,β-unsaturated/α-hetero) is 1. The Morgan fingerprint density at radius 3 is 2.43 bits per heavy atom. The molecule has 2 atom stereocenters. The summed E-state index contributed by atoms with van der Waals surface area (Å²) in [5.74, 6) is -1.37. The molecule has 0 saturated carbocycles. The maximum absolute atomic E-state index is 16.0. The maximum atomic E-state index is 16.0. The number of hydrogen-bond acceptors (Lipinski definition) is 4. The van der Waals surface area contributed by atoms with Gasteiger partial charge in [-0.2, -0.15) is 0 Å². The monoisotopic (exact) mass is 506 g/mol. The molecule has 37 heavy (non-hydrogen) atoms. The van der Waals surface area contributed by atoms with Crippen LogP contribution in [0.15, 0.2) is 60.7 Å². The van der Waals surface area contributed by atoms with Crippen molar-refractivity contribution in [2.75, 3.05) is 13.7 Å². The Bertz CT molecular complexity index is 1270. The third kappa shape index (κ3) is 5.88. The van der Waals surface area contributed by atoms with Crippen LogP contribution in [-0.2, 0) is 16.0 Å². The lowest BCUT2D eigenvalue weighted by Crippen LogP contribution is -2.44. The molecule has 4 rings (SSSR count). The minimum Gasteiger partial charge on any atom is -0.496 e. The normalized spacial score (nSPS) is 16.0. The zero-order valence-electron chi connectivity index (χ0n) is 21.3. The van der Waals surface area contributed by atoms with Crippen molar-refractivity contribution in [3.8, 4) is 16.9 Å². The van der Waals surface area contributed by atoms with Gasteiger partial charge in [0.2, 0.25) is 5.91 Å². The van der Waals surface area contributed by atoms with Crippen LogP contribution < -0.4 is 15.4 Å². The average Bonchev–Trinajstić information content (AvgIpc) is 3.43. The molecule has 0 spiro atoms. The Labute approximate surface area is 216 Å². The van der Waals surface area contributed by atoms with Gasteiger partial charge in [0.25, 0.3) is 0 Å². The number of rotatable bonds is 9. The Kier molecular flexibility index (Phi) is 8.34. The smallest absolute Gasteiger partial charge is 0.237 e. The zero-order valence-corrected chi connectivity index (χ0v) is 21.3. The number of hydrogen-bond donors (Lipinski definition) is 2. The fourth-order valence-corrected chi connectivity index (χ4v) is 4.85. The van der Waals surface area contributed by atoms with E-state index in [1.54, 1.807) is 36.4 Å². The van der Waals surface area contributed by atoms with Crippen LogP contribution in [-0.4, -0.2) is 31.4 Å². The number of carbonyl (C=O) groups is 2. The predicted octanol–water partition coefficient (Wildman–Crippen LogP) is 5.48. The molecule has 1 aliphatic heterocycles. The first kappa shape index (κ1) is 26.5. The molecule has 2 N–H and O–H groups in total. The second-order valence-electron chi connectivity index (χ2n) is 9.64. The van der Waals surface area contributed by atoms with Crippen LogP contribution in [0.1, 0.15) is 55.3 Å². The molecule has 0 bridgehead atoms. The molecule has 5 nitrogen and oxygen atoms in total. The van der Waals surface area contributed by atoms with E-state index in [1.165, 1.54) is 25.3 Å². The van der Waals surface area contributed by atoms with E-state index in [9.17, 15) is 14.0 Å². The van der Waals surface area contributed by atoms with E-state index in [1.807, 2.05) is 19.9 Å². The van der Waals surface area contributed by atoms with Crippen molar-refractivity contribution in [2.45, 2.75) is 51.1 Å². The van der Waals surface area contributed by atoms with Crippen molar-refractivity contribution in [2.24, 2.45) is 0 Å².